The number of esters is 1. The first-order valence-corrected chi connectivity index (χ1v) is 8.52. The van der Waals surface area contributed by atoms with Gasteiger partial charge in [-0.2, -0.15) is 0 Å². The van der Waals surface area contributed by atoms with Crippen LogP contribution in [0, 0.1) is 5.92 Å². The molecule has 3 rings (SSSR count). The number of fused-ring (bicyclic) bond motifs is 3. The summed E-state index contributed by atoms with van der Waals surface area (Å²) >= 11 is 0. The quantitative estimate of drug-likeness (QED) is 0.626. The zero-order valence-corrected chi connectivity index (χ0v) is 15.2. The molecule has 1 aliphatic carbocycles. The number of ketones is 1. The molecule has 5 nitrogen and oxygen atoms in total. The standard InChI is InChI=1S/C21H22O5/c1-24-19-11-14-10-17(21(23)26-3)18(22)9-8-13-6-4-5-7-15(13)16(14)12-20(19)25-2/h4-7,11-12,17H,8-10H2,1-3H3. The third kappa shape index (κ3) is 3.29. The maximum absolute atomic E-state index is 12.7. The van der Waals surface area contributed by atoms with E-state index < -0.39 is 11.9 Å². The number of methoxy groups -OCH3 is 3. The van der Waals surface area contributed by atoms with Gasteiger partial charge in [-0.1, -0.05) is 24.3 Å². The lowest BCUT2D eigenvalue weighted by Gasteiger charge is -2.18. The number of ether oxygens (including phenoxy) is 3. The van der Waals surface area contributed by atoms with E-state index in [1.807, 2.05) is 36.4 Å². The predicted molar refractivity (Wildman–Crippen MR) is 97.5 cm³/mol. The van der Waals surface area contributed by atoms with Gasteiger partial charge in [-0.15, -0.1) is 0 Å². The van der Waals surface area contributed by atoms with E-state index in [0.29, 0.717) is 24.3 Å². The van der Waals surface area contributed by atoms with Gasteiger partial charge < -0.3 is 14.2 Å². The summed E-state index contributed by atoms with van der Waals surface area (Å²) in [7, 11) is 4.47. The van der Waals surface area contributed by atoms with E-state index in [9.17, 15) is 9.59 Å². The van der Waals surface area contributed by atoms with E-state index in [0.717, 1.165) is 22.3 Å². The minimum absolute atomic E-state index is 0.103. The van der Waals surface area contributed by atoms with Crippen LogP contribution in [0.2, 0.25) is 0 Å². The Labute approximate surface area is 152 Å². The van der Waals surface area contributed by atoms with E-state index in [4.69, 9.17) is 14.2 Å². The van der Waals surface area contributed by atoms with Gasteiger partial charge in [0, 0.05) is 6.42 Å². The molecule has 0 aromatic heterocycles. The maximum Gasteiger partial charge on any atom is 0.316 e. The highest BCUT2D eigenvalue weighted by Gasteiger charge is 2.30. The Kier molecular flexibility index (Phi) is 5.26. The number of aryl methyl sites for hydroxylation is 1. The molecule has 1 atom stereocenters. The Morgan fingerprint density at radius 1 is 0.923 bits per heavy atom. The minimum Gasteiger partial charge on any atom is -0.493 e. The Hall–Kier alpha value is -2.82. The fourth-order valence-corrected chi connectivity index (χ4v) is 3.46. The Morgan fingerprint density at radius 2 is 1.62 bits per heavy atom. The largest absolute Gasteiger partial charge is 0.493 e. The van der Waals surface area contributed by atoms with Crippen molar-refractivity contribution in [3.05, 3.63) is 47.5 Å². The molecule has 0 fully saturated rings. The number of hydrogen-bond donors (Lipinski definition) is 0. The molecule has 0 N–H and O–H groups in total. The molecule has 5 heteroatoms. The molecule has 0 saturated heterocycles. The summed E-state index contributed by atoms with van der Waals surface area (Å²) in [6, 6.07) is 11.7. The van der Waals surface area contributed by atoms with Crippen LogP contribution in [0.3, 0.4) is 0 Å². The van der Waals surface area contributed by atoms with Crippen LogP contribution in [-0.4, -0.2) is 33.1 Å². The summed E-state index contributed by atoms with van der Waals surface area (Å²) in [5.41, 5.74) is 3.92. The molecule has 0 spiro atoms. The van der Waals surface area contributed by atoms with E-state index in [1.54, 1.807) is 14.2 Å². The second kappa shape index (κ2) is 7.60. The Bertz CT molecular complexity index is 840. The number of benzene rings is 2. The molecule has 0 amide bonds. The van der Waals surface area contributed by atoms with Crippen molar-refractivity contribution in [2.45, 2.75) is 19.3 Å². The number of rotatable bonds is 3. The van der Waals surface area contributed by atoms with Crippen LogP contribution in [0.4, 0.5) is 0 Å². The number of hydrogen-bond acceptors (Lipinski definition) is 5. The van der Waals surface area contributed by atoms with Crippen LogP contribution in [0.5, 0.6) is 11.5 Å². The minimum atomic E-state index is -0.814. The molecule has 0 heterocycles. The first-order valence-electron chi connectivity index (χ1n) is 8.52. The van der Waals surface area contributed by atoms with Crippen molar-refractivity contribution in [2.75, 3.05) is 21.3 Å². The van der Waals surface area contributed by atoms with Crippen LogP contribution in [0.15, 0.2) is 36.4 Å². The van der Waals surface area contributed by atoms with E-state index in [-0.39, 0.29) is 12.2 Å². The summed E-state index contributed by atoms with van der Waals surface area (Å²) in [6.07, 6.45) is 1.16. The molecule has 136 valence electrons. The zero-order chi connectivity index (χ0) is 18.7. The SMILES string of the molecule is COC(=O)C1Cc2cc(OC)c(OC)cc2-c2ccccc2CCC1=O. The van der Waals surface area contributed by atoms with Crippen LogP contribution in [0.1, 0.15) is 17.5 Å². The molecular weight excluding hydrogens is 332 g/mol. The van der Waals surface area contributed by atoms with Gasteiger partial charge in [0.2, 0.25) is 0 Å². The fourth-order valence-electron chi connectivity index (χ4n) is 3.46. The third-order valence-corrected chi connectivity index (χ3v) is 4.86. The van der Waals surface area contributed by atoms with Crippen LogP contribution in [0.25, 0.3) is 11.1 Å². The van der Waals surface area contributed by atoms with Gasteiger partial charge >= 0.3 is 5.97 Å². The summed E-state index contributed by atoms with van der Waals surface area (Å²) < 4.78 is 15.7. The normalized spacial score (nSPS) is 16.4. The van der Waals surface area contributed by atoms with E-state index >= 15 is 0 Å². The summed E-state index contributed by atoms with van der Waals surface area (Å²) in [5.74, 6) is -0.234. The zero-order valence-electron chi connectivity index (χ0n) is 15.2. The number of carbonyl (C=O) groups is 2. The van der Waals surface area contributed by atoms with Gasteiger partial charge in [0.05, 0.1) is 21.3 Å². The van der Waals surface area contributed by atoms with Crippen LogP contribution in [-0.2, 0) is 27.2 Å². The van der Waals surface area contributed by atoms with Crippen molar-refractivity contribution >= 4 is 11.8 Å². The van der Waals surface area contributed by atoms with Crippen molar-refractivity contribution in [2.24, 2.45) is 5.92 Å². The second-order valence-corrected chi connectivity index (χ2v) is 6.27. The lowest BCUT2D eigenvalue weighted by molar-refractivity contribution is -0.149. The topological polar surface area (TPSA) is 61.8 Å². The van der Waals surface area contributed by atoms with Gasteiger partial charge in [-0.25, -0.2) is 0 Å². The first kappa shape index (κ1) is 18.0. The monoisotopic (exact) mass is 354 g/mol. The smallest absolute Gasteiger partial charge is 0.316 e. The summed E-state index contributed by atoms with van der Waals surface area (Å²) in [4.78, 5) is 24.9. The van der Waals surface area contributed by atoms with Crippen molar-refractivity contribution in [3.63, 3.8) is 0 Å². The second-order valence-electron chi connectivity index (χ2n) is 6.27. The lowest BCUT2D eigenvalue weighted by atomic mass is 9.90. The molecule has 2 aromatic rings. The van der Waals surface area contributed by atoms with Gasteiger partial charge in [0.15, 0.2) is 11.5 Å². The molecule has 0 saturated carbocycles. The van der Waals surface area contributed by atoms with Crippen molar-refractivity contribution in [1.82, 2.24) is 0 Å². The van der Waals surface area contributed by atoms with Gasteiger partial charge in [-0.3, -0.25) is 9.59 Å². The molecule has 0 bridgehead atoms. The molecular formula is C21H22O5. The highest BCUT2D eigenvalue weighted by atomic mass is 16.5. The van der Waals surface area contributed by atoms with Crippen molar-refractivity contribution in [1.29, 1.82) is 0 Å². The Morgan fingerprint density at radius 3 is 2.31 bits per heavy atom. The maximum atomic E-state index is 12.7. The van der Waals surface area contributed by atoms with Gasteiger partial charge in [0.25, 0.3) is 0 Å². The number of Topliss-reactive ketones (excluding diaryl/α,β-unsaturated/α-hetero) is 1. The molecule has 0 aliphatic heterocycles. The number of carbonyl (C=O) groups excluding carboxylic acids is 2. The van der Waals surface area contributed by atoms with Crippen molar-refractivity contribution < 1.29 is 23.8 Å². The van der Waals surface area contributed by atoms with E-state index in [2.05, 4.69) is 0 Å². The first-order chi connectivity index (χ1) is 12.6. The van der Waals surface area contributed by atoms with Crippen LogP contribution < -0.4 is 9.47 Å². The molecule has 2 aromatic carbocycles. The highest BCUT2D eigenvalue weighted by Crippen LogP contribution is 2.39. The molecule has 0 radical (unpaired) electrons. The molecule has 26 heavy (non-hydrogen) atoms. The molecule has 1 unspecified atom stereocenters. The average molecular weight is 354 g/mol. The van der Waals surface area contributed by atoms with Crippen molar-refractivity contribution in [3.8, 4) is 22.6 Å². The van der Waals surface area contributed by atoms with E-state index in [1.165, 1.54) is 7.11 Å². The summed E-state index contributed by atoms with van der Waals surface area (Å²) in [5, 5.41) is 0. The highest BCUT2D eigenvalue weighted by molar-refractivity contribution is 6.00. The Balaban J connectivity index is 2.23. The molecule has 1 aliphatic rings. The summed E-state index contributed by atoms with van der Waals surface area (Å²) in [6.45, 7) is 0. The average Bonchev–Trinajstić information content (AvgIpc) is 2.74. The van der Waals surface area contributed by atoms with Gasteiger partial charge in [0.1, 0.15) is 11.7 Å². The van der Waals surface area contributed by atoms with Gasteiger partial charge in [-0.05, 0) is 47.2 Å². The lowest BCUT2D eigenvalue weighted by Crippen LogP contribution is -2.27. The fraction of sp³-hybridized carbons (Fsp3) is 0.333. The van der Waals surface area contributed by atoms with Crippen LogP contribution >= 0.6 is 0 Å². The predicted octanol–water partition coefficient (Wildman–Crippen LogP) is 3.22. The third-order valence-electron chi connectivity index (χ3n) is 4.86.